The lowest BCUT2D eigenvalue weighted by Crippen LogP contribution is -1.93. The van der Waals surface area contributed by atoms with Gasteiger partial charge in [-0.3, -0.25) is 4.68 Å². The van der Waals surface area contributed by atoms with E-state index < -0.39 is 0 Å². The highest BCUT2D eigenvalue weighted by molar-refractivity contribution is 5.41. The fraction of sp³-hybridized carbons (Fsp3) is 0.267. The molecule has 0 N–H and O–H groups in total. The molecule has 1 aromatic heterocycles. The molecule has 0 fully saturated rings. The third-order valence-electron chi connectivity index (χ3n) is 2.67. The number of rotatable bonds is 1. The first kappa shape index (κ1) is 12.4. The smallest absolute Gasteiger partial charge is 0.135 e. The first-order valence-corrected chi connectivity index (χ1v) is 5.87. The van der Waals surface area contributed by atoms with Crippen molar-refractivity contribution in [3.63, 3.8) is 0 Å². The molecular formula is C15H15FN2. The summed E-state index contributed by atoms with van der Waals surface area (Å²) < 4.78 is 15.4. The van der Waals surface area contributed by atoms with Crippen LogP contribution in [0.25, 0.3) is 0 Å². The Hall–Kier alpha value is -2.08. The van der Waals surface area contributed by atoms with E-state index in [0.29, 0.717) is 11.3 Å². The lowest BCUT2D eigenvalue weighted by molar-refractivity contribution is 0.598. The highest BCUT2D eigenvalue weighted by Gasteiger charge is 2.06. The maximum atomic E-state index is 13.7. The summed E-state index contributed by atoms with van der Waals surface area (Å²) in [6.07, 6.45) is 1.83. The second kappa shape index (κ2) is 5.05. The molecule has 0 saturated heterocycles. The van der Waals surface area contributed by atoms with Gasteiger partial charge in [-0.15, -0.1) is 0 Å². The van der Waals surface area contributed by atoms with Crippen LogP contribution in [0.15, 0.2) is 30.5 Å². The van der Waals surface area contributed by atoms with Crippen molar-refractivity contribution in [2.45, 2.75) is 19.8 Å². The van der Waals surface area contributed by atoms with E-state index in [4.69, 9.17) is 0 Å². The van der Waals surface area contributed by atoms with Gasteiger partial charge in [-0.2, -0.15) is 5.10 Å². The largest absolute Gasteiger partial charge is 0.275 e. The molecule has 0 unspecified atom stereocenters. The van der Waals surface area contributed by atoms with Crippen LogP contribution in [-0.4, -0.2) is 9.78 Å². The van der Waals surface area contributed by atoms with Crippen molar-refractivity contribution in [3.05, 3.63) is 53.1 Å². The van der Waals surface area contributed by atoms with Gasteiger partial charge in [0.05, 0.1) is 0 Å². The number of aromatic nitrogens is 2. The molecule has 2 nitrogen and oxygen atoms in total. The van der Waals surface area contributed by atoms with E-state index in [1.165, 1.54) is 6.07 Å². The van der Waals surface area contributed by atoms with Gasteiger partial charge in [0.1, 0.15) is 11.5 Å². The Bertz CT molecular complexity index is 615. The third-order valence-corrected chi connectivity index (χ3v) is 2.67. The number of halogens is 1. The average molecular weight is 242 g/mol. The van der Waals surface area contributed by atoms with Gasteiger partial charge in [0, 0.05) is 18.8 Å². The molecule has 0 saturated carbocycles. The first-order chi connectivity index (χ1) is 8.56. The molecule has 2 aromatic rings. The molecule has 0 aliphatic carbocycles. The van der Waals surface area contributed by atoms with Crippen LogP contribution in [0.3, 0.4) is 0 Å². The van der Waals surface area contributed by atoms with Gasteiger partial charge in [0.15, 0.2) is 0 Å². The first-order valence-electron chi connectivity index (χ1n) is 5.87. The Morgan fingerprint density at radius 2 is 2.00 bits per heavy atom. The van der Waals surface area contributed by atoms with E-state index in [-0.39, 0.29) is 11.7 Å². The van der Waals surface area contributed by atoms with Crippen molar-refractivity contribution in [2.24, 2.45) is 7.05 Å². The standard InChI is InChI=1S/C15H15FN2/c1-11(2)14-7-5-12(10-15(14)16)4-6-13-8-9-18(3)17-13/h5,7-11H,1-3H3. The lowest BCUT2D eigenvalue weighted by atomic mass is 10.0. The van der Waals surface area contributed by atoms with Crippen LogP contribution in [0.4, 0.5) is 4.39 Å². The number of nitrogens with zero attached hydrogens (tertiary/aromatic N) is 2. The molecule has 0 atom stereocenters. The van der Waals surface area contributed by atoms with Crippen LogP contribution < -0.4 is 0 Å². The number of hydrogen-bond donors (Lipinski definition) is 0. The molecule has 0 aliphatic rings. The Kier molecular flexibility index (Phi) is 3.47. The van der Waals surface area contributed by atoms with Gasteiger partial charge in [0.2, 0.25) is 0 Å². The summed E-state index contributed by atoms with van der Waals surface area (Å²) in [5.74, 6) is 5.81. The second-order valence-corrected chi connectivity index (χ2v) is 4.52. The normalized spacial score (nSPS) is 10.3. The Morgan fingerprint density at radius 1 is 1.22 bits per heavy atom. The molecule has 92 valence electrons. The molecule has 18 heavy (non-hydrogen) atoms. The Labute approximate surface area is 106 Å². The monoisotopic (exact) mass is 242 g/mol. The SMILES string of the molecule is CC(C)c1ccc(C#Cc2ccn(C)n2)cc1F. The fourth-order valence-electron chi connectivity index (χ4n) is 1.69. The van der Waals surface area contributed by atoms with E-state index in [9.17, 15) is 4.39 Å². The zero-order chi connectivity index (χ0) is 13.1. The fourth-order valence-corrected chi connectivity index (χ4v) is 1.69. The number of aryl methyl sites for hydroxylation is 1. The zero-order valence-electron chi connectivity index (χ0n) is 10.7. The van der Waals surface area contributed by atoms with Crippen molar-refractivity contribution in [1.29, 1.82) is 0 Å². The molecule has 0 spiro atoms. The average Bonchev–Trinajstić information content (AvgIpc) is 2.72. The molecule has 1 aromatic carbocycles. The quantitative estimate of drug-likeness (QED) is 0.703. The maximum absolute atomic E-state index is 13.7. The molecule has 0 bridgehead atoms. The molecule has 0 radical (unpaired) electrons. The number of hydrogen-bond acceptors (Lipinski definition) is 1. The Morgan fingerprint density at radius 3 is 2.56 bits per heavy atom. The van der Waals surface area contributed by atoms with Gasteiger partial charge in [0.25, 0.3) is 0 Å². The summed E-state index contributed by atoms with van der Waals surface area (Å²) in [4.78, 5) is 0. The summed E-state index contributed by atoms with van der Waals surface area (Å²) in [5.41, 5.74) is 2.08. The zero-order valence-corrected chi connectivity index (χ0v) is 10.7. The summed E-state index contributed by atoms with van der Waals surface area (Å²) in [7, 11) is 1.84. The molecule has 2 rings (SSSR count). The van der Waals surface area contributed by atoms with Gasteiger partial charge < -0.3 is 0 Å². The van der Waals surface area contributed by atoms with Gasteiger partial charge in [-0.05, 0) is 35.6 Å². The third kappa shape index (κ3) is 2.78. The molecule has 1 heterocycles. The highest BCUT2D eigenvalue weighted by atomic mass is 19.1. The van der Waals surface area contributed by atoms with Crippen molar-refractivity contribution < 1.29 is 4.39 Å². The minimum Gasteiger partial charge on any atom is -0.275 e. The minimum absolute atomic E-state index is 0.183. The predicted molar refractivity (Wildman–Crippen MR) is 69.7 cm³/mol. The highest BCUT2D eigenvalue weighted by Crippen LogP contribution is 2.18. The van der Waals surface area contributed by atoms with Crippen molar-refractivity contribution >= 4 is 0 Å². The van der Waals surface area contributed by atoms with Crippen LogP contribution in [0, 0.1) is 17.7 Å². The number of benzene rings is 1. The molecule has 0 aliphatic heterocycles. The summed E-state index contributed by atoms with van der Waals surface area (Å²) in [5, 5.41) is 4.14. The van der Waals surface area contributed by atoms with Crippen LogP contribution in [0.5, 0.6) is 0 Å². The molecular weight excluding hydrogens is 227 g/mol. The second-order valence-electron chi connectivity index (χ2n) is 4.52. The van der Waals surface area contributed by atoms with Crippen LogP contribution in [0.2, 0.25) is 0 Å². The Balaban J connectivity index is 2.26. The van der Waals surface area contributed by atoms with E-state index in [1.54, 1.807) is 10.7 Å². The summed E-state index contributed by atoms with van der Waals surface area (Å²) >= 11 is 0. The van der Waals surface area contributed by atoms with E-state index in [1.807, 2.05) is 39.2 Å². The topological polar surface area (TPSA) is 17.8 Å². The van der Waals surface area contributed by atoms with E-state index in [0.717, 1.165) is 5.56 Å². The minimum atomic E-state index is -0.196. The summed E-state index contributed by atoms with van der Waals surface area (Å²) in [6, 6.07) is 6.94. The van der Waals surface area contributed by atoms with Crippen molar-refractivity contribution in [3.8, 4) is 11.8 Å². The molecule has 0 amide bonds. The van der Waals surface area contributed by atoms with Gasteiger partial charge in [-0.25, -0.2) is 4.39 Å². The van der Waals surface area contributed by atoms with E-state index >= 15 is 0 Å². The van der Waals surface area contributed by atoms with Gasteiger partial charge in [-0.1, -0.05) is 25.8 Å². The van der Waals surface area contributed by atoms with Crippen molar-refractivity contribution in [1.82, 2.24) is 9.78 Å². The van der Waals surface area contributed by atoms with E-state index in [2.05, 4.69) is 16.9 Å². The lowest BCUT2D eigenvalue weighted by Gasteiger charge is -2.06. The predicted octanol–water partition coefficient (Wildman–Crippen LogP) is 3.08. The van der Waals surface area contributed by atoms with Gasteiger partial charge >= 0.3 is 0 Å². The maximum Gasteiger partial charge on any atom is 0.135 e. The van der Waals surface area contributed by atoms with Crippen LogP contribution in [-0.2, 0) is 7.05 Å². The summed E-state index contributed by atoms with van der Waals surface area (Å²) in [6.45, 7) is 3.94. The van der Waals surface area contributed by atoms with Crippen molar-refractivity contribution in [2.75, 3.05) is 0 Å². The van der Waals surface area contributed by atoms with Crippen LogP contribution in [0.1, 0.15) is 36.6 Å². The van der Waals surface area contributed by atoms with Crippen LogP contribution >= 0.6 is 0 Å². The molecule has 3 heteroatoms.